The molecule has 0 amide bonds. The van der Waals surface area contributed by atoms with E-state index in [9.17, 15) is 0 Å². The van der Waals surface area contributed by atoms with Crippen molar-refractivity contribution in [3.05, 3.63) is 60.7 Å². The van der Waals surface area contributed by atoms with Gasteiger partial charge < -0.3 is 9.13 Å². The van der Waals surface area contributed by atoms with Crippen molar-refractivity contribution in [1.29, 1.82) is 5.26 Å². The van der Waals surface area contributed by atoms with Crippen LogP contribution in [0.15, 0.2) is 70.6 Å². The molecule has 7 heteroatoms. The van der Waals surface area contributed by atoms with Gasteiger partial charge in [-0.3, -0.25) is 0 Å². The fraction of sp³-hybridized carbons (Fsp3) is 0.227. The Kier molecular flexibility index (Phi) is 4.37. The highest BCUT2D eigenvalue weighted by Crippen LogP contribution is 2.32. The predicted molar refractivity (Wildman–Crippen MR) is 112 cm³/mol. The number of hydrogen-bond donors (Lipinski definition) is 0. The van der Waals surface area contributed by atoms with Gasteiger partial charge in [0.05, 0.1) is 18.1 Å². The van der Waals surface area contributed by atoms with Gasteiger partial charge in [0.15, 0.2) is 0 Å². The molecule has 3 heterocycles. The topological polar surface area (TPSA) is 83.6 Å². The smallest absolute Gasteiger partial charge is 0.107 e. The maximum Gasteiger partial charge on any atom is 0.107 e. The summed E-state index contributed by atoms with van der Waals surface area (Å²) < 4.78 is 4.37. The van der Waals surface area contributed by atoms with E-state index < -0.39 is 0 Å². The SMILES string of the molecule is N#CCCCCn1c2ccc(-n3ccnc3)cc2c2ccc(C3=NN=NC3)cc21. The van der Waals surface area contributed by atoms with Crippen molar-refractivity contribution < 1.29 is 0 Å². The lowest BCUT2D eigenvalue weighted by Crippen LogP contribution is -2.03. The van der Waals surface area contributed by atoms with Gasteiger partial charge in [0.1, 0.15) is 6.54 Å². The van der Waals surface area contributed by atoms with Crippen LogP contribution in [0.25, 0.3) is 27.5 Å². The van der Waals surface area contributed by atoms with Gasteiger partial charge in [-0.15, -0.1) is 5.10 Å². The van der Waals surface area contributed by atoms with Crippen LogP contribution in [-0.2, 0) is 6.54 Å². The molecule has 4 aromatic rings. The van der Waals surface area contributed by atoms with Crippen LogP contribution in [-0.4, -0.2) is 26.4 Å². The number of rotatable bonds is 6. The summed E-state index contributed by atoms with van der Waals surface area (Å²) in [6.07, 6.45) is 8.00. The van der Waals surface area contributed by atoms with Gasteiger partial charge in [0.25, 0.3) is 0 Å². The van der Waals surface area contributed by atoms with Gasteiger partial charge in [0.2, 0.25) is 0 Å². The van der Waals surface area contributed by atoms with E-state index in [1.54, 1.807) is 6.20 Å². The Bertz CT molecular complexity index is 1290. The van der Waals surface area contributed by atoms with Crippen molar-refractivity contribution in [2.45, 2.75) is 25.8 Å². The number of hydrogen-bond acceptors (Lipinski definition) is 5. The Morgan fingerprint density at radius 1 is 1.03 bits per heavy atom. The summed E-state index contributed by atoms with van der Waals surface area (Å²) >= 11 is 0. The molecule has 0 spiro atoms. The second-order valence-corrected chi connectivity index (χ2v) is 7.11. The highest BCUT2D eigenvalue weighted by Gasteiger charge is 2.15. The first-order valence-electron chi connectivity index (χ1n) is 9.70. The van der Waals surface area contributed by atoms with Gasteiger partial charge in [-0.1, -0.05) is 12.1 Å². The predicted octanol–water partition coefficient (Wildman–Crippen LogP) is 4.84. The average molecular weight is 381 g/mol. The highest BCUT2D eigenvalue weighted by atomic mass is 15.4. The first-order chi connectivity index (χ1) is 14.3. The number of unbranched alkanes of at least 4 members (excludes halogenated alkanes) is 2. The molecule has 142 valence electrons. The summed E-state index contributed by atoms with van der Waals surface area (Å²) in [7, 11) is 0. The molecule has 0 radical (unpaired) electrons. The van der Waals surface area contributed by atoms with Crippen LogP contribution < -0.4 is 0 Å². The fourth-order valence-corrected chi connectivity index (χ4v) is 3.92. The molecule has 2 aromatic carbocycles. The number of fused-ring (bicyclic) bond motifs is 3. The van der Waals surface area contributed by atoms with E-state index in [-0.39, 0.29) is 0 Å². The molecule has 1 aliphatic heterocycles. The van der Waals surface area contributed by atoms with Crippen LogP contribution in [0.3, 0.4) is 0 Å². The normalized spacial score (nSPS) is 13.3. The standard InChI is InChI=1S/C22H19N7/c23-8-2-1-3-10-29-21-7-5-17(28-11-9-24-15-28)13-19(21)18-6-4-16(12-22(18)29)20-14-25-27-26-20/h4-7,9,11-13,15H,1-3,10,14H2. The van der Waals surface area contributed by atoms with Crippen molar-refractivity contribution in [3.63, 3.8) is 0 Å². The average Bonchev–Trinajstić information content (AvgIpc) is 3.51. The largest absolute Gasteiger partial charge is 0.340 e. The Hall–Kier alpha value is -3.79. The van der Waals surface area contributed by atoms with Crippen molar-refractivity contribution in [2.75, 3.05) is 6.54 Å². The zero-order valence-electron chi connectivity index (χ0n) is 15.9. The highest BCUT2D eigenvalue weighted by molar-refractivity contribution is 6.12. The van der Waals surface area contributed by atoms with Gasteiger partial charge in [0, 0.05) is 58.4 Å². The number of imidazole rings is 1. The number of benzene rings is 2. The van der Waals surface area contributed by atoms with Crippen LogP contribution in [0.5, 0.6) is 0 Å². The lowest BCUT2D eigenvalue weighted by molar-refractivity contribution is 0.645. The summed E-state index contributed by atoms with van der Waals surface area (Å²) in [4.78, 5) is 4.16. The maximum absolute atomic E-state index is 8.85. The first-order valence-corrected chi connectivity index (χ1v) is 9.70. The van der Waals surface area contributed by atoms with Crippen LogP contribution >= 0.6 is 0 Å². The molecule has 0 N–H and O–H groups in total. The summed E-state index contributed by atoms with van der Waals surface area (Å²) in [6, 6.07) is 15.2. The lowest BCUT2D eigenvalue weighted by Gasteiger charge is -2.08. The molecule has 29 heavy (non-hydrogen) atoms. The van der Waals surface area contributed by atoms with Crippen LogP contribution in [0.4, 0.5) is 0 Å². The van der Waals surface area contributed by atoms with E-state index in [4.69, 9.17) is 5.26 Å². The van der Waals surface area contributed by atoms with Gasteiger partial charge >= 0.3 is 0 Å². The number of nitriles is 1. The Balaban J connectivity index is 1.66. The third-order valence-electron chi connectivity index (χ3n) is 5.35. The molecule has 0 bridgehead atoms. The van der Waals surface area contributed by atoms with Crippen molar-refractivity contribution in [2.24, 2.45) is 15.4 Å². The van der Waals surface area contributed by atoms with E-state index in [1.807, 2.05) is 17.1 Å². The lowest BCUT2D eigenvalue weighted by atomic mass is 10.1. The number of nitrogens with zero attached hydrogens (tertiary/aromatic N) is 7. The molecular formula is C22H19N7. The Morgan fingerprint density at radius 2 is 2.00 bits per heavy atom. The zero-order valence-corrected chi connectivity index (χ0v) is 15.9. The summed E-state index contributed by atoms with van der Waals surface area (Å²) in [5.41, 5.74) is 5.40. The second-order valence-electron chi connectivity index (χ2n) is 7.11. The van der Waals surface area contributed by atoms with E-state index in [0.717, 1.165) is 36.3 Å². The van der Waals surface area contributed by atoms with Crippen molar-refractivity contribution in [1.82, 2.24) is 14.1 Å². The zero-order chi connectivity index (χ0) is 19.6. The van der Waals surface area contributed by atoms with E-state index in [0.29, 0.717) is 13.0 Å². The third-order valence-corrected chi connectivity index (χ3v) is 5.35. The maximum atomic E-state index is 8.85. The Morgan fingerprint density at radius 3 is 2.79 bits per heavy atom. The summed E-state index contributed by atoms with van der Waals surface area (Å²) in [5.74, 6) is 0. The summed E-state index contributed by atoms with van der Waals surface area (Å²) in [6.45, 7) is 1.40. The molecule has 0 aliphatic carbocycles. The van der Waals surface area contributed by atoms with Gasteiger partial charge in [-0.05, 0) is 42.3 Å². The van der Waals surface area contributed by atoms with E-state index in [2.05, 4.69) is 67.5 Å². The molecule has 0 atom stereocenters. The van der Waals surface area contributed by atoms with Crippen LogP contribution in [0.1, 0.15) is 24.8 Å². The molecular weight excluding hydrogens is 362 g/mol. The van der Waals surface area contributed by atoms with Crippen LogP contribution in [0, 0.1) is 11.3 Å². The van der Waals surface area contributed by atoms with E-state index >= 15 is 0 Å². The molecule has 2 aromatic heterocycles. The minimum absolute atomic E-state index is 0.526. The number of aryl methyl sites for hydroxylation is 1. The van der Waals surface area contributed by atoms with Crippen molar-refractivity contribution in [3.8, 4) is 11.8 Å². The van der Waals surface area contributed by atoms with Gasteiger partial charge in [-0.2, -0.15) is 10.4 Å². The molecule has 5 rings (SSSR count). The third kappa shape index (κ3) is 3.09. The number of aromatic nitrogens is 3. The minimum atomic E-state index is 0.526. The molecule has 0 fully saturated rings. The molecule has 7 nitrogen and oxygen atoms in total. The minimum Gasteiger partial charge on any atom is -0.340 e. The van der Waals surface area contributed by atoms with Gasteiger partial charge in [-0.25, -0.2) is 4.98 Å². The molecule has 1 aliphatic rings. The Labute approximate surface area is 167 Å². The fourth-order valence-electron chi connectivity index (χ4n) is 3.92. The molecule has 0 unspecified atom stereocenters. The molecule has 0 saturated carbocycles. The van der Waals surface area contributed by atoms with E-state index in [1.165, 1.54) is 21.8 Å². The first kappa shape index (κ1) is 17.3. The quantitative estimate of drug-likeness (QED) is 0.448. The summed E-state index contributed by atoms with van der Waals surface area (Å²) in [5, 5.41) is 23.2. The molecule has 0 saturated heterocycles. The second kappa shape index (κ2) is 7.32. The van der Waals surface area contributed by atoms with Crippen molar-refractivity contribution >= 4 is 27.5 Å². The monoisotopic (exact) mass is 381 g/mol. The van der Waals surface area contributed by atoms with Crippen LogP contribution in [0.2, 0.25) is 0 Å².